The Balaban J connectivity index is 5.21. The summed E-state index contributed by atoms with van der Waals surface area (Å²) < 4.78 is 4.57. The van der Waals surface area contributed by atoms with Crippen LogP contribution >= 0.6 is 0 Å². The number of ketones is 2. The van der Waals surface area contributed by atoms with Crippen molar-refractivity contribution in [3.8, 4) is 0 Å². The molecule has 0 saturated heterocycles. The lowest BCUT2D eigenvalue weighted by Gasteiger charge is -2.29. The molecule has 0 spiro atoms. The molecule has 0 aromatic rings. The molecule has 4 heteroatoms. The maximum Gasteiger partial charge on any atom is 0.318 e. The van der Waals surface area contributed by atoms with Gasteiger partial charge >= 0.3 is 5.97 Å². The van der Waals surface area contributed by atoms with Gasteiger partial charge in [0, 0.05) is 6.42 Å². The van der Waals surface area contributed by atoms with Gasteiger partial charge in [-0.3, -0.25) is 14.4 Å². The topological polar surface area (TPSA) is 60.4 Å². The van der Waals surface area contributed by atoms with Crippen LogP contribution in [0.2, 0.25) is 0 Å². The number of hydrogen-bond donors (Lipinski definition) is 0. The van der Waals surface area contributed by atoms with E-state index in [0.29, 0.717) is 0 Å². The Morgan fingerprint density at radius 3 is 1.75 bits per heavy atom. The maximum atomic E-state index is 12.2. The van der Waals surface area contributed by atoms with Crippen LogP contribution in [-0.4, -0.2) is 24.6 Å². The van der Waals surface area contributed by atoms with Crippen LogP contribution in [0.3, 0.4) is 0 Å². The Hall–Kier alpha value is -1.19. The zero-order valence-electron chi connectivity index (χ0n) is 10.8. The third kappa shape index (κ3) is 2.49. The number of ether oxygens (including phenoxy) is 1. The fourth-order valence-electron chi connectivity index (χ4n) is 1.70. The van der Waals surface area contributed by atoms with E-state index in [-0.39, 0.29) is 12.2 Å². The van der Waals surface area contributed by atoms with Crippen LogP contribution in [0.5, 0.6) is 0 Å². The summed E-state index contributed by atoms with van der Waals surface area (Å²) >= 11 is 0. The van der Waals surface area contributed by atoms with Gasteiger partial charge in [0.25, 0.3) is 0 Å². The number of Topliss-reactive ketones (excluding diaryl/α,β-unsaturated/α-hetero) is 2. The van der Waals surface area contributed by atoms with Crippen LogP contribution in [-0.2, 0) is 19.1 Å². The molecule has 0 unspecified atom stereocenters. The highest BCUT2D eigenvalue weighted by Crippen LogP contribution is 2.32. The molecule has 0 atom stereocenters. The second-order valence-electron chi connectivity index (χ2n) is 4.85. The van der Waals surface area contributed by atoms with E-state index in [0.717, 1.165) is 0 Å². The van der Waals surface area contributed by atoms with Crippen LogP contribution in [0, 0.1) is 10.8 Å². The smallest absolute Gasteiger partial charge is 0.318 e. The third-order valence-electron chi connectivity index (χ3n) is 2.85. The van der Waals surface area contributed by atoms with Crippen molar-refractivity contribution in [2.75, 3.05) is 7.11 Å². The predicted molar refractivity (Wildman–Crippen MR) is 59.9 cm³/mol. The van der Waals surface area contributed by atoms with Crippen LogP contribution in [0.4, 0.5) is 0 Å². The fraction of sp³-hybridized carbons (Fsp3) is 0.750. The molecule has 0 heterocycles. The van der Waals surface area contributed by atoms with Gasteiger partial charge in [-0.2, -0.15) is 0 Å². The standard InChI is InChI=1S/C12H20O4/c1-7-8(13)11(2,3)9(14)12(4,5)10(15)16-6/h7H2,1-6H3. The van der Waals surface area contributed by atoms with E-state index in [9.17, 15) is 14.4 Å². The van der Waals surface area contributed by atoms with Gasteiger partial charge in [-0.05, 0) is 27.7 Å². The minimum Gasteiger partial charge on any atom is -0.468 e. The summed E-state index contributed by atoms with van der Waals surface area (Å²) in [4.78, 5) is 35.3. The van der Waals surface area contributed by atoms with Gasteiger partial charge in [-0.1, -0.05) is 6.92 Å². The van der Waals surface area contributed by atoms with Crippen LogP contribution < -0.4 is 0 Å². The quantitative estimate of drug-likeness (QED) is 0.531. The highest BCUT2D eigenvalue weighted by molar-refractivity contribution is 6.15. The van der Waals surface area contributed by atoms with E-state index >= 15 is 0 Å². The first kappa shape index (κ1) is 14.8. The average molecular weight is 228 g/mol. The normalized spacial score (nSPS) is 12.1. The van der Waals surface area contributed by atoms with Crippen LogP contribution in [0.1, 0.15) is 41.0 Å². The Bertz CT molecular complexity index is 283. The number of hydrogen-bond acceptors (Lipinski definition) is 4. The Morgan fingerprint density at radius 1 is 1.00 bits per heavy atom. The first-order valence-corrected chi connectivity index (χ1v) is 5.29. The SMILES string of the molecule is CCC(=O)C(C)(C)C(=O)C(C)(C)C(=O)OC. The minimum absolute atomic E-state index is 0.172. The average Bonchev–Trinajstić information content (AvgIpc) is 2.25. The van der Waals surface area contributed by atoms with Gasteiger partial charge in [-0.25, -0.2) is 0 Å². The zero-order chi connectivity index (χ0) is 13.1. The molecule has 16 heavy (non-hydrogen) atoms. The second kappa shape index (κ2) is 4.76. The number of rotatable bonds is 5. The van der Waals surface area contributed by atoms with Crippen molar-refractivity contribution in [3.63, 3.8) is 0 Å². The number of methoxy groups -OCH3 is 1. The maximum absolute atomic E-state index is 12.2. The number of carbonyl (C=O) groups is 3. The molecule has 0 aromatic heterocycles. The summed E-state index contributed by atoms with van der Waals surface area (Å²) in [5, 5.41) is 0. The van der Waals surface area contributed by atoms with Gasteiger partial charge in [0.1, 0.15) is 11.2 Å². The van der Waals surface area contributed by atoms with Crippen molar-refractivity contribution in [2.45, 2.75) is 41.0 Å². The molecule has 0 bridgehead atoms. The van der Waals surface area contributed by atoms with Crippen molar-refractivity contribution in [3.05, 3.63) is 0 Å². The predicted octanol–water partition coefficient (Wildman–Crippen LogP) is 1.76. The van der Waals surface area contributed by atoms with E-state index in [1.165, 1.54) is 21.0 Å². The monoisotopic (exact) mass is 228 g/mol. The molecule has 0 fully saturated rings. The first-order chi connectivity index (χ1) is 7.12. The van der Waals surface area contributed by atoms with Crippen molar-refractivity contribution < 1.29 is 19.1 Å². The van der Waals surface area contributed by atoms with Crippen LogP contribution in [0.15, 0.2) is 0 Å². The van der Waals surface area contributed by atoms with Gasteiger partial charge in [0.15, 0.2) is 5.78 Å². The van der Waals surface area contributed by atoms with Gasteiger partial charge in [-0.15, -0.1) is 0 Å². The van der Waals surface area contributed by atoms with E-state index < -0.39 is 22.6 Å². The molecule has 0 aliphatic carbocycles. The lowest BCUT2D eigenvalue weighted by molar-refractivity contribution is -0.160. The van der Waals surface area contributed by atoms with E-state index in [1.807, 2.05) is 0 Å². The zero-order valence-corrected chi connectivity index (χ0v) is 10.8. The fourth-order valence-corrected chi connectivity index (χ4v) is 1.70. The summed E-state index contributed by atoms with van der Waals surface area (Å²) in [6.45, 7) is 7.75. The van der Waals surface area contributed by atoms with Gasteiger partial charge in [0.05, 0.1) is 12.5 Å². The lowest BCUT2D eigenvalue weighted by atomic mass is 9.71. The second-order valence-corrected chi connectivity index (χ2v) is 4.85. The largest absolute Gasteiger partial charge is 0.468 e. The molecule has 0 radical (unpaired) electrons. The molecule has 0 N–H and O–H groups in total. The first-order valence-electron chi connectivity index (χ1n) is 5.29. The molecule has 0 amide bonds. The van der Waals surface area contributed by atoms with Gasteiger partial charge in [0.2, 0.25) is 0 Å². The molecular weight excluding hydrogens is 208 g/mol. The highest BCUT2D eigenvalue weighted by atomic mass is 16.5. The summed E-state index contributed by atoms with van der Waals surface area (Å²) in [5.74, 6) is -1.19. The highest BCUT2D eigenvalue weighted by Gasteiger charge is 2.47. The summed E-state index contributed by atoms with van der Waals surface area (Å²) in [5.41, 5.74) is -2.43. The third-order valence-corrected chi connectivity index (χ3v) is 2.85. The molecule has 0 aromatic carbocycles. The molecule has 0 rings (SSSR count). The van der Waals surface area contributed by atoms with Crippen LogP contribution in [0.25, 0.3) is 0 Å². The Kier molecular flexibility index (Phi) is 4.41. The van der Waals surface area contributed by atoms with E-state index in [1.54, 1.807) is 20.8 Å². The molecule has 0 aliphatic rings. The lowest BCUT2D eigenvalue weighted by Crippen LogP contribution is -2.46. The summed E-state index contributed by atoms with van der Waals surface area (Å²) in [7, 11) is 1.23. The minimum atomic E-state index is -1.29. The van der Waals surface area contributed by atoms with E-state index in [4.69, 9.17) is 0 Å². The van der Waals surface area contributed by atoms with E-state index in [2.05, 4.69) is 4.74 Å². The van der Waals surface area contributed by atoms with Crippen molar-refractivity contribution in [2.24, 2.45) is 10.8 Å². The molecule has 0 aliphatic heterocycles. The molecule has 4 nitrogen and oxygen atoms in total. The summed E-state index contributed by atoms with van der Waals surface area (Å²) in [6, 6.07) is 0. The van der Waals surface area contributed by atoms with Gasteiger partial charge < -0.3 is 4.74 Å². The number of esters is 1. The van der Waals surface area contributed by atoms with Crippen molar-refractivity contribution >= 4 is 17.5 Å². The molecular formula is C12H20O4. The van der Waals surface area contributed by atoms with Crippen molar-refractivity contribution in [1.82, 2.24) is 0 Å². The molecule has 0 saturated carbocycles. The summed E-state index contributed by atoms with van der Waals surface area (Å²) in [6.07, 6.45) is 0.274. The Labute approximate surface area is 96.4 Å². The molecule has 92 valence electrons. The number of carbonyl (C=O) groups excluding carboxylic acids is 3. The Morgan fingerprint density at radius 2 is 1.44 bits per heavy atom. The van der Waals surface area contributed by atoms with Crippen molar-refractivity contribution in [1.29, 1.82) is 0 Å².